The SMILES string of the molecule is C1=CC(C2C=CC2)C1. The summed E-state index contributed by atoms with van der Waals surface area (Å²) >= 11 is 0. The molecule has 0 bridgehead atoms. The van der Waals surface area contributed by atoms with Gasteiger partial charge in [-0.2, -0.15) is 0 Å². The van der Waals surface area contributed by atoms with Gasteiger partial charge >= 0.3 is 0 Å². The van der Waals surface area contributed by atoms with E-state index in [1.165, 1.54) is 12.8 Å². The van der Waals surface area contributed by atoms with Crippen molar-refractivity contribution in [3.8, 4) is 0 Å². The van der Waals surface area contributed by atoms with Gasteiger partial charge < -0.3 is 0 Å². The Labute approximate surface area is 49.9 Å². The van der Waals surface area contributed by atoms with Gasteiger partial charge in [0, 0.05) is 0 Å². The van der Waals surface area contributed by atoms with Crippen molar-refractivity contribution in [1.82, 2.24) is 0 Å². The second-order valence-electron chi connectivity index (χ2n) is 2.66. The molecule has 0 amide bonds. The fourth-order valence-corrected chi connectivity index (χ4v) is 1.22. The second-order valence-corrected chi connectivity index (χ2v) is 2.66. The van der Waals surface area contributed by atoms with Crippen LogP contribution in [0.1, 0.15) is 12.8 Å². The first kappa shape index (κ1) is 4.37. The zero-order valence-corrected chi connectivity index (χ0v) is 4.88. The summed E-state index contributed by atoms with van der Waals surface area (Å²) in [4.78, 5) is 0. The zero-order valence-electron chi connectivity index (χ0n) is 4.88. The maximum atomic E-state index is 2.33. The van der Waals surface area contributed by atoms with Crippen molar-refractivity contribution in [2.24, 2.45) is 11.8 Å². The molecular formula is C8H10. The molecule has 42 valence electrons. The second kappa shape index (κ2) is 1.48. The average molecular weight is 106 g/mol. The van der Waals surface area contributed by atoms with E-state index < -0.39 is 0 Å². The lowest BCUT2D eigenvalue weighted by atomic mass is 9.76. The van der Waals surface area contributed by atoms with Crippen LogP contribution in [0.5, 0.6) is 0 Å². The molecule has 0 aromatic carbocycles. The van der Waals surface area contributed by atoms with Crippen LogP contribution in [0.3, 0.4) is 0 Å². The maximum Gasteiger partial charge on any atom is -0.0133 e. The molecule has 2 rings (SSSR count). The predicted molar refractivity (Wildman–Crippen MR) is 34.5 cm³/mol. The van der Waals surface area contributed by atoms with Gasteiger partial charge in [0.05, 0.1) is 0 Å². The third kappa shape index (κ3) is 0.459. The fraction of sp³-hybridized carbons (Fsp3) is 0.500. The standard InChI is InChI=1S/C8H10/c1-3-7(4-1)8-5-2-6-8/h1-3,5,7-8H,4,6H2. The Morgan fingerprint density at radius 2 is 1.25 bits per heavy atom. The summed E-state index contributed by atoms with van der Waals surface area (Å²) in [6.07, 6.45) is 11.8. The minimum atomic E-state index is 0.917. The molecule has 0 N–H and O–H groups in total. The number of hydrogen-bond acceptors (Lipinski definition) is 0. The summed E-state index contributed by atoms with van der Waals surface area (Å²) in [5, 5.41) is 0. The molecule has 2 atom stereocenters. The largest absolute Gasteiger partial charge is 0.0876 e. The normalized spacial score (nSPS) is 41.0. The van der Waals surface area contributed by atoms with E-state index in [2.05, 4.69) is 24.3 Å². The Bertz CT molecular complexity index is 124. The van der Waals surface area contributed by atoms with Gasteiger partial charge in [-0.1, -0.05) is 24.3 Å². The quantitative estimate of drug-likeness (QED) is 0.449. The van der Waals surface area contributed by atoms with E-state index in [1.54, 1.807) is 0 Å². The number of allylic oxidation sites excluding steroid dienone is 4. The first-order valence-corrected chi connectivity index (χ1v) is 3.30. The van der Waals surface area contributed by atoms with Crippen molar-refractivity contribution in [2.45, 2.75) is 12.8 Å². The van der Waals surface area contributed by atoms with Crippen molar-refractivity contribution in [1.29, 1.82) is 0 Å². The van der Waals surface area contributed by atoms with Crippen LogP contribution in [0.25, 0.3) is 0 Å². The molecule has 0 radical (unpaired) electrons. The van der Waals surface area contributed by atoms with Crippen LogP contribution in [0.2, 0.25) is 0 Å². The van der Waals surface area contributed by atoms with Gasteiger partial charge in [-0.25, -0.2) is 0 Å². The fourth-order valence-electron chi connectivity index (χ4n) is 1.22. The summed E-state index contributed by atoms with van der Waals surface area (Å²) in [6.45, 7) is 0. The summed E-state index contributed by atoms with van der Waals surface area (Å²) < 4.78 is 0. The highest BCUT2D eigenvalue weighted by Crippen LogP contribution is 2.33. The van der Waals surface area contributed by atoms with Crippen molar-refractivity contribution in [3.05, 3.63) is 24.3 Å². The smallest absolute Gasteiger partial charge is 0.0133 e. The Balaban J connectivity index is 1.98. The Morgan fingerprint density at radius 1 is 0.875 bits per heavy atom. The first-order chi connectivity index (χ1) is 3.97. The molecule has 0 nitrogen and oxygen atoms in total. The monoisotopic (exact) mass is 106 g/mol. The highest BCUT2D eigenvalue weighted by molar-refractivity contribution is 5.14. The highest BCUT2D eigenvalue weighted by Gasteiger charge is 2.22. The maximum absolute atomic E-state index is 2.33. The van der Waals surface area contributed by atoms with Crippen LogP contribution >= 0.6 is 0 Å². The lowest BCUT2D eigenvalue weighted by Crippen LogP contribution is -2.18. The molecule has 0 aromatic heterocycles. The van der Waals surface area contributed by atoms with E-state index in [1.807, 2.05) is 0 Å². The van der Waals surface area contributed by atoms with Crippen molar-refractivity contribution in [2.75, 3.05) is 0 Å². The summed E-state index contributed by atoms with van der Waals surface area (Å²) in [7, 11) is 0. The van der Waals surface area contributed by atoms with Crippen molar-refractivity contribution >= 4 is 0 Å². The van der Waals surface area contributed by atoms with Crippen LogP contribution in [0, 0.1) is 11.8 Å². The number of rotatable bonds is 1. The van der Waals surface area contributed by atoms with Gasteiger partial charge in [-0.05, 0) is 24.7 Å². The Hall–Kier alpha value is -0.520. The molecule has 2 aliphatic carbocycles. The van der Waals surface area contributed by atoms with Crippen LogP contribution < -0.4 is 0 Å². The van der Waals surface area contributed by atoms with Crippen molar-refractivity contribution < 1.29 is 0 Å². The highest BCUT2D eigenvalue weighted by atomic mass is 14.3. The lowest BCUT2D eigenvalue weighted by Gasteiger charge is -2.29. The molecule has 0 spiro atoms. The Morgan fingerprint density at radius 3 is 1.38 bits per heavy atom. The van der Waals surface area contributed by atoms with E-state index in [-0.39, 0.29) is 0 Å². The van der Waals surface area contributed by atoms with Crippen LogP contribution in [-0.2, 0) is 0 Å². The van der Waals surface area contributed by atoms with Crippen molar-refractivity contribution in [3.63, 3.8) is 0 Å². The minimum Gasteiger partial charge on any atom is -0.0876 e. The predicted octanol–water partition coefficient (Wildman–Crippen LogP) is 2.14. The summed E-state index contributed by atoms with van der Waals surface area (Å²) in [5.74, 6) is 1.83. The molecule has 0 fully saturated rings. The molecule has 2 unspecified atom stereocenters. The average Bonchev–Trinajstić information content (AvgIpc) is 1.47. The van der Waals surface area contributed by atoms with Gasteiger partial charge in [0.2, 0.25) is 0 Å². The molecular weight excluding hydrogens is 96.1 g/mol. The molecule has 0 saturated heterocycles. The summed E-state index contributed by atoms with van der Waals surface area (Å²) in [5.41, 5.74) is 0. The van der Waals surface area contributed by atoms with Gasteiger partial charge in [-0.15, -0.1) is 0 Å². The third-order valence-corrected chi connectivity index (χ3v) is 2.13. The summed E-state index contributed by atoms with van der Waals surface area (Å²) in [6, 6.07) is 0. The van der Waals surface area contributed by atoms with Gasteiger partial charge in [0.15, 0.2) is 0 Å². The van der Waals surface area contributed by atoms with Crippen LogP contribution in [-0.4, -0.2) is 0 Å². The Kier molecular flexibility index (Phi) is 0.806. The van der Waals surface area contributed by atoms with Crippen LogP contribution in [0.15, 0.2) is 24.3 Å². The van der Waals surface area contributed by atoms with E-state index in [4.69, 9.17) is 0 Å². The van der Waals surface area contributed by atoms with E-state index in [9.17, 15) is 0 Å². The third-order valence-electron chi connectivity index (χ3n) is 2.13. The van der Waals surface area contributed by atoms with Crippen LogP contribution in [0.4, 0.5) is 0 Å². The van der Waals surface area contributed by atoms with Gasteiger partial charge in [0.1, 0.15) is 0 Å². The molecule has 0 aliphatic heterocycles. The van der Waals surface area contributed by atoms with Gasteiger partial charge in [0.25, 0.3) is 0 Å². The van der Waals surface area contributed by atoms with E-state index in [0.717, 1.165) is 11.8 Å². The topological polar surface area (TPSA) is 0 Å². The van der Waals surface area contributed by atoms with E-state index in [0.29, 0.717) is 0 Å². The molecule has 0 heterocycles. The van der Waals surface area contributed by atoms with Gasteiger partial charge in [-0.3, -0.25) is 0 Å². The minimum absolute atomic E-state index is 0.917. The molecule has 0 heteroatoms. The first-order valence-electron chi connectivity index (χ1n) is 3.30. The lowest BCUT2D eigenvalue weighted by molar-refractivity contribution is 0.424. The molecule has 0 saturated carbocycles. The molecule has 8 heavy (non-hydrogen) atoms. The van der Waals surface area contributed by atoms with E-state index >= 15 is 0 Å². The number of hydrogen-bond donors (Lipinski definition) is 0. The molecule has 0 aromatic rings. The zero-order chi connectivity index (χ0) is 5.40. The molecule has 2 aliphatic rings.